The van der Waals surface area contributed by atoms with Gasteiger partial charge in [0.2, 0.25) is 0 Å². The van der Waals surface area contributed by atoms with Crippen LogP contribution in [0.1, 0.15) is 24.1 Å². The highest BCUT2D eigenvalue weighted by molar-refractivity contribution is 9.10. The summed E-state index contributed by atoms with van der Waals surface area (Å²) in [6.45, 7) is 2.37. The third kappa shape index (κ3) is 3.99. The number of phenols is 1. The summed E-state index contributed by atoms with van der Waals surface area (Å²) in [5.41, 5.74) is 1.33. The fraction of sp³-hybridized carbons (Fsp3) is 0.120. The number of hydrogen-bond acceptors (Lipinski definition) is 5. The number of amides is 1. The average Bonchev–Trinajstić information content (AvgIpc) is 3.05. The highest BCUT2D eigenvalue weighted by Crippen LogP contribution is 2.43. The van der Waals surface area contributed by atoms with Crippen molar-refractivity contribution in [3.05, 3.63) is 94.0 Å². The molecular formula is C25H20BrNO5. The largest absolute Gasteiger partial charge is 0.508 e. The van der Waals surface area contributed by atoms with E-state index >= 15 is 0 Å². The molecule has 3 aromatic carbocycles. The molecule has 1 amide bonds. The quantitative estimate of drug-likeness (QED) is 0.290. The van der Waals surface area contributed by atoms with Gasteiger partial charge in [0.25, 0.3) is 11.7 Å². The van der Waals surface area contributed by atoms with Crippen LogP contribution in [0.2, 0.25) is 0 Å². The van der Waals surface area contributed by atoms with E-state index in [0.29, 0.717) is 29.2 Å². The van der Waals surface area contributed by atoms with E-state index in [1.54, 1.807) is 60.7 Å². The van der Waals surface area contributed by atoms with Crippen LogP contribution >= 0.6 is 15.9 Å². The second-order valence-electron chi connectivity index (χ2n) is 7.20. The third-order valence-corrected chi connectivity index (χ3v) is 5.70. The van der Waals surface area contributed by atoms with Gasteiger partial charge in [-0.15, -0.1) is 0 Å². The molecule has 3 aromatic rings. The Labute approximate surface area is 193 Å². The van der Waals surface area contributed by atoms with E-state index in [4.69, 9.17) is 4.74 Å². The normalized spacial score (nSPS) is 17.6. The Hall–Kier alpha value is -3.58. The van der Waals surface area contributed by atoms with Gasteiger partial charge in [0.05, 0.1) is 18.2 Å². The minimum absolute atomic E-state index is 0.00930. The number of aliphatic hydroxyl groups excluding tert-OH is 1. The summed E-state index contributed by atoms with van der Waals surface area (Å²) in [6.07, 6.45) is 0. The molecular weight excluding hydrogens is 474 g/mol. The Bertz CT molecular complexity index is 1200. The fourth-order valence-electron chi connectivity index (χ4n) is 3.74. The summed E-state index contributed by atoms with van der Waals surface area (Å²) in [4.78, 5) is 27.5. The van der Waals surface area contributed by atoms with Gasteiger partial charge in [0, 0.05) is 15.7 Å². The first kappa shape index (κ1) is 21.6. The molecule has 0 spiro atoms. The zero-order valence-electron chi connectivity index (χ0n) is 17.2. The SMILES string of the molecule is CCOc1ccc(C(O)=C2C(=O)C(=O)N(c3ccc(Br)cc3)C2c2cccc(O)c2)cc1. The molecule has 0 aliphatic carbocycles. The molecule has 32 heavy (non-hydrogen) atoms. The number of anilines is 1. The van der Waals surface area contributed by atoms with Crippen molar-refractivity contribution in [1.82, 2.24) is 0 Å². The first-order valence-electron chi connectivity index (χ1n) is 9.99. The van der Waals surface area contributed by atoms with Gasteiger partial charge in [-0.1, -0.05) is 28.1 Å². The first-order valence-corrected chi connectivity index (χ1v) is 10.8. The summed E-state index contributed by atoms with van der Waals surface area (Å²) in [6, 6.07) is 19.0. The van der Waals surface area contributed by atoms with Crippen molar-refractivity contribution in [2.45, 2.75) is 13.0 Å². The monoisotopic (exact) mass is 493 g/mol. The van der Waals surface area contributed by atoms with E-state index in [1.807, 2.05) is 6.92 Å². The van der Waals surface area contributed by atoms with Gasteiger partial charge in [-0.3, -0.25) is 14.5 Å². The van der Waals surface area contributed by atoms with Gasteiger partial charge in [0.15, 0.2) is 0 Å². The number of ketones is 1. The molecule has 7 heteroatoms. The van der Waals surface area contributed by atoms with Crippen molar-refractivity contribution in [1.29, 1.82) is 0 Å². The fourth-order valence-corrected chi connectivity index (χ4v) is 4.01. The molecule has 0 bridgehead atoms. The number of halogens is 1. The highest BCUT2D eigenvalue weighted by atomic mass is 79.9. The third-order valence-electron chi connectivity index (χ3n) is 5.17. The summed E-state index contributed by atoms with van der Waals surface area (Å²) in [5, 5.41) is 21.1. The first-order chi connectivity index (χ1) is 15.4. The van der Waals surface area contributed by atoms with Crippen molar-refractivity contribution < 1.29 is 24.5 Å². The number of Topliss-reactive ketones (excluding diaryl/α,β-unsaturated/α-hetero) is 1. The Morgan fingerprint density at radius 3 is 2.34 bits per heavy atom. The lowest BCUT2D eigenvalue weighted by molar-refractivity contribution is -0.132. The van der Waals surface area contributed by atoms with E-state index in [-0.39, 0.29) is 17.1 Å². The predicted molar refractivity (Wildman–Crippen MR) is 125 cm³/mol. The van der Waals surface area contributed by atoms with E-state index in [1.165, 1.54) is 17.0 Å². The van der Waals surface area contributed by atoms with Gasteiger partial charge in [-0.05, 0) is 73.2 Å². The maximum atomic E-state index is 13.1. The number of nitrogens with zero attached hydrogens (tertiary/aromatic N) is 1. The van der Waals surface area contributed by atoms with Crippen LogP contribution in [0.25, 0.3) is 5.76 Å². The van der Waals surface area contributed by atoms with Crippen molar-refractivity contribution >= 4 is 39.1 Å². The summed E-state index contributed by atoms with van der Waals surface area (Å²) >= 11 is 3.37. The van der Waals surface area contributed by atoms with Crippen LogP contribution < -0.4 is 9.64 Å². The molecule has 4 rings (SSSR count). The standard InChI is InChI=1S/C25H20BrNO5/c1-2-32-20-12-6-15(7-13-20)23(29)21-22(16-4-3-5-19(28)14-16)27(25(31)24(21)30)18-10-8-17(26)9-11-18/h3-14,22,28-29H,2H2,1H3. The van der Waals surface area contributed by atoms with Gasteiger partial charge in [0.1, 0.15) is 17.3 Å². The van der Waals surface area contributed by atoms with E-state index in [0.717, 1.165) is 4.47 Å². The van der Waals surface area contributed by atoms with Crippen LogP contribution in [0.3, 0.4) is 0 Å². The molecule has 0 saturated carbocycles. The van der Waals surface area contributed by atoms with Gasteiger partial charge < -0.3 is 14.9 Å². The maximum absolute atomic E-state index is 13.1. The molecule has 1 heterocycles. The highest BCUT2D eigenvalue weighted by Gasteiger charge is 2.47. The van der Waals surface area contributed by atoms with E-state index in [9.17, 15) is 19.8 Å². The molecule has 0 aromatic heterocycles. The van der Waals surface area contributed by atoms with Crippen molar-refractivity contribution in [3.8, 4) is 11.5 Å². The number of phenolic OH excluding ortho intramolecular Hbond substituents is 1. The maximum Gasteiger partial charge on any atom is 0.300 e. The number of carbonyl (C=O) groups is 2. The molecule has 1 atom stereocenters. The number of rotatable bonds is 5. The van der Waals surface area contributed by atoms with Crippen molar-refractivity contribution in [3.63, 3.8) is 0 Å². The van der Waals surface area contributed by atoms with Crippen LogP contribution in [0, 0.1) is 0 Å². The van der Waals surface area contributed by atoms with Crippen molar-refractivity contribution in [2.24, 2.45) is 0 Å². The number of aliphatic hydroxyl groups is 1. The number of benzene rings is 3. The second kappa shape index (κ2) is 8.88. The van der Waals surface area contributed by atoms with Crippen LogP contribution in [-0.4, -0.2) is 28.5 Å². The van der Waals surface area contributed by atoms with Crippen LogP contribution in [0.5, 0.6) is 11.5 Å². The van der Waals surface area contributed by atoms with Crippen LogP contribution in [0.4, 0.5) is 5.69 Å². The second-order valence-corrected chi connectivity index (χ2v) is 8.11. The molecule has 1 fully saturated rings. The Balaban J connectivity index is 1.89. The minimum Gasteiger partial charge on any atom is -0.508 e. The Morgan fingerprint density at radius 1 is 1.03 bits per heavy atom. The molecule has 1 aliphatic rings. The van der Waals surface area contributed by atoms with Crippen LogP contribution in [-0.2, 0) is 9.59 Å². The summed E-state index contributed by atoms with van der Waals surface area (Å²) in [5.74, 6) is -1.23. The zero-order valence-corrected chi connectivity index (χ0v) is 18.7. The minimum atomic E-state index is -0.908. The lowest BCUT2D eigenvalue weighted by Gasteiger charge is -2.25. The van der Waals surface area contributed by atoms with E-state index in [2.05, 4.69) is 15.9 Å². The lowest BCUT2D eigenvalue weighted by Crippen LogP contribution is -2.29. The Kier molecular flexibility index (Phi) is 6.01. The smallest absolute Gasteiger partial charge is 0.300 e. The number of carbonyl (C=O) groups excluding carboxylic acids is 2. The molecule has 162 valence electrons. The summed E-state index contributed by atoms with van der Waals surface area (Å²) in [7, 11) is 0. The molecule has 6 nitrogen and oxygen atoms in total. The van der Waals surface area contributed by atoms with Gasteiger partial charge in [-0.2, -0.15) is 0 Å². The van der Waals surface area contributed by atoms with E-state index < -0.39 is 17.7 Å². The lowest BCUT2D eigenvalue weighted by atomic mass is 9.95. The number of ether oxygens (including phenoxy) is 1. The molecule has 2 N–H and O–H groups in total. The van der Waals surface area contributed by atoms with Crippen molar-refractivity contribution in [2.75, 3.05) is 11.5 Å². The molecule has 1 unspecified atom stereocenters. The average molecular weight is 494 g/mol. The molecule has 1 aliphatic heterocycles. The van der Waals surface area contributed by atoms with Gasteiger partial charge in [-0.25, -0.2) is 0 Å². The number of hydrogen-bond donors (Lipinski definition) is 2. The topological polar surface area (TPSA) is 87.1 Å². The molecule has 1 saturated heterocycles. The zero-order chi connectivity index (χ0) is 22.8. The Morgan fingerprint density at radius 2 is 1.72 bits per heavy atom. The van der Waals surface area contributed by atoms with Gasteiger partial charge >= 0.3 is 0 Å². The number of aromatic hydroxyl groups is 1. The summed E-state index contributed by atoms with van der Waals surface area (Å²) < 4.78 is 6.25. The molecule has 0 radical (unpaired) electrons. The van der Waals surface area contributed by atoms with Crippen LogP contribution in [0.15, 0.2) is 82.8 Å². The predicted octanol–water partition coefficient (Wildman–Crippen LogP) is 5.18.